The maximum Gasteiger partial charge on any atom is 0.114 e. The molecule has 1 aliphatic carbocycles. The van der Waals surface area contributed by atoms with E-state index in [1.807, 2.05) is 0 Å². The van der Waals surface area contributed by atoms with Crippen molar-refractivity contribution in [2.45, 2.75) is 92.7 Å². The molecule has 1 radical (unpaired) electrons. The van der Waals surface area contributed by atoms with Crippen molar-refractivity contribution in [3.8, 4) is 39.5 Å². The second-order valence-corrected chi connectivity index (χ2v) is 26.3. The Labute approximate surface area is 448 Å². The van der Waals surface area contributed by atoms with Crippen LogP contribution in [-0.2, 0) is 20.1 Å². The zero-order valence-electron chi connectivity index (χ0n) is 46.2. The normalized spacial score (nSPS) is 14.3. The molecule has 5 heterocycles. The van der Waals surface area contributed by atoms with Crippen LogP contribution >= 0.6 is 11.3 Å². The van der Waals surface area contributed by atoms with E-state index in [0.717, 1.165) is 101 Å². The number of thiophene rings is 1. The molecule has 0 aliphatic heterocycles. The molecule has 0 bridgehead atoms. The van der Waals surface area contributed by atoms with Gasteiger partial charge in [-0.05, 0) is 81.9 Å². The summed E-state index contributed by atoms with van der Waals surface area (Å²) < 4.78 is 48.6. The van der Waals surface area contributed by atoms with Gasteiger partial charge in [-0.15, -0.1) is 42.0 Å². The molecule has 0 saturated heterocycles. The van der Waals surface area contributed by atoms with Crippen LogP contribution in [0.2, 0.25) is 19.6 Å². The van der Waals surface area contributed by atoms with E-state index in [-0.39, 0.29) is 31.2 Å². The maximum atomic E-state index is 14.5. The van der Waals surface area contributed by atoms with Crippen molar-refractivity contribution < 1.29 is 30.0 Å². The standard InChI is InChI=1S/C45H37N4S.C18H23FNSi.Ir/c1-27(2)29(4)38-26-24-36-35-19-12-20-37(43(35)50-45(36)48-38)44-47-39-25-23-32-22-21-28(3)46-40(32)42(39)49(44)41-33(30-13-7-5-8-14-30)17-11-18-34(41)31-15-9-6-10-16-31;1-12(2)15-10-17(20-11-18(15)21(4,5)6)14-8-7-13(3)9-16(14)19;/h5-9,11-15,17-19,21-27,29H,10,16H2,1-4H3;7,9-12H,1-6H3;/q2*-1;/i;3D3,12D;. The van der Waals surface area contributed by atoms with Crippen molar-refractivity contribution in [3.63, 3.8) is 0 Å². The number of hydrogen-bond acceptors (Lipinski definition) is 5. The van der Waals surface area contributed by atoms with E-state index < -0.39 is 26.6 Å². The number of imidazole rings is 1. The fourth-order valence-electron chi connectivity index (χ4n) is 9.61. The van der Waals surface area contributed by atoms with Crippen LogP contribution in [0, 0.1) is 37.6 Å². The Balaban J connectivity index is 0.000000230. The first kappa shape index (κ1) is 45.6. The van der Waals surface area contributed by atoms with Gasteiger partial charge >= 0.3 is 0 Å². The van der Waals surface area contributed by atoms with E-state index in [9.17, 15) is 4.39 Å². The molecule has 11 rings (SSSR count). The zero-order chi connectivity index (χ0) is 53.1. The number of rotatable bonds is 9. The number of nitrogens with zero attached hydrogens (tertiary/aromatic N) is 5. The van der Waals surface area contributed by atoms with Gasteiger partial charge < -0.3 is 9.55 Å². The first-order valence-corrected chi connectivity index (χ1v) is 28.8. The average Bonchev–Trinajstić information content (AvgIpc) is 4.09. The summed E-state index contributed by atoms with van der Waals surface area (Å²) in [6.45, 7) is 16.6. The monoisotopic (exact) mass is 1160 g/mol. The van der Waals surface area contributed by atoms with Gasteiger partial charge in [-0.25, -0.2) is 4.98 Å². The molecular weight excluding hydrogens is 1100 g/mol. The number of allylic oxidation sites excluding steroid dienone is 4. The van der Waals surface area contributed by atoms with Gasteiger partial charge in [-0.2, -0.15) is 11.3 Å². The van der Waals surface area contributed by atoms with Gasteiger partial charge in [0.1, 0.15) is 4.83 Å². The summed E-state index contributed by atoms with van der Waals surface area (Å²) in [7, 11) is -1.72. The van der Waals surface area contributed by atoms with E-state index in [1.165, 1.54) is 28.0 Å². The van der Waals surface area contributed by atoms with E-state index in [0.29, 0.717) is 17.5 Å². The Kier molecular flexibility index (Phi) is 13.1. The molecule has 5 aromatic carbocycles. The second kappa shape index (κ2) is 20.7. The summed E-state index contributed by atoms with van der Waals surface area (Å²) in [5, 5.41) is 4.52. The third-order valence-corrected chi connectivity index (χ3v) is 16.9. The third-order valence-electron chi connectivity index (χ3n) is 13.7. The van der Waals surface area contributed by atoms with Gasteiger partial charge in [0.25, 0.3) is 0 Å². The van der Waals surface area contributed by atoms with Gasteiger partial charge in [0, 0.05) is 71.4 Å². The van der Waals surface area contributed by atoms with Crippen molar-refractivity contribution >= 4 is 72.4 Å². The maximum absolute atomic E-state index is 14.5. The van der Waals surface area contributed by atoms with Gasteiger partial charge in [0.15, 0.2) is 0 Å². The zero-order valence-corrected chi connectivity index (χ0v) is 46.4. The molecule has 1 unspecified atom stereocenters. The molecule has 1 aliphatic rings. The molecule has 5 aromatic heterocycles. The molecule has 10 aromatic rings. The Bertz CT molecular complexity index is 3890. The summed E-state index contributed by atoms with van der Waals surface area (Å²) in [4.78, 5) is 21.3. The Morgan fingerprint density at radius 1 is 0.833 bits per heavy atom. The summed E-state index contributed by atoms with van der Waals surface area (Å²) in [6.07, 6.45) is 10.4. The predicted molar refractivity (Wildman–Crippen MR) is 301 cm³/mol. The second-order valence-electron chi connectivity index (χ2n) is 20.3. The smallest absolute Gasteiger partial charge is 0.114 e. The summed E-state index contributed by atoms with van der Waals surface area (Å²) in [5.74, 6) is 0.235. The molecular formula is C63H60FIrN5SSi-2. The minimum atomic E-state index is -2.38. The van der Waals surface area contributed by atoms with Gasteiger partial charge in [-0.1, -0.05) is 174 Å². The van der Waals surface area contributed by atoms with Gasteiger partial charge in [-0.3, -0.25) is 14.4 Å². The van der Waals surface area contributed by atoms with Crippen molar-refractivity contribution in [2.75, 3.05) is 0 Å². The average molecular weight is 1160 g/mol. The molecule has 0 saturated carbocycles. The number of aromatic nitrogens is 5. The quantitative estimate of drug-likeness (QED) is 0.107. The number of benzene rings is 5. The molecule has 72 heavy (non-hydrogen) atoms. The van der Waals surface area contributed by atoms with E-state index in [4.69, 9.17) is 20.4 Å². The van der Waals surface area contributed by atoms with Crippen LogP contribution < -0.4 is 5.19 Å². The first-order valence-electron chi connectivity index (χ1n) is 26.5. The molecule has 9 heteroatoms. The summed E-state index contributed by atoms with van der Waals surface area (Å²) >= 11 is 1.75. The fraction of sp³-hybridized carbons (Fsp3) is 0.238. The van der Waals surface area contributed by atoms with Crippen LogP contribution in [0.4, 0.5) is 4.39 Å². The number of aryl methyl sites for hydroxylation is 2. The Hall–Kier alpha value is -6.22. The molecule has 1 atom stereocenters. The van der Waals surface area contributed by atoms with Gasteiger partial charge in [0.05, 0.1) is 36.1 Å². The molecule has 365 valence electrons. The molecule has 5 nitrogen and oxygen atoms in total. The van der Waals surface area contributed by atoms with Crippen LogP contribution in [-0.4, -0.2) is 32.6 Å². The van der Waals surface area contributed by atoms with Crippen molar-refractivity contribution in [1.82, 2.24) is 24.5 Å². The topological polar surface area (TPSA) is 56.5 Å². The van der Waals surface area contributed by atoms with Crippen LogP contribution in [0.5, 0.6) is 0 Å². The number of fused-ring (bicyclic) bond motifs is 6. The van der Waals surface area contributed by atoms with Crippen LogP contribution in [0.3, 0.4) is 0 Å². The van der Waals surface area contributed by atoms with Crippen LogP contribution in [0.15, 0.2) is 140 Å². The minimum Gasteiger partial charge on any atom is -0.330 e. The summed E-state index contributed by atoms with van der Waals surface area (Å²) in [6, 6.07) is 45.1. The summed E-state index contributed by atoms with van der Waals surface area (Å²) in [5.41, 5.74) is 13.2. The molecule has 0 fully saturated rings. The number of pyridine rings is 3. The predicted octanol–water partition coefficient (Wildman–Crippen LogP) is 16.9. The van der Waals surface area contributed by atoms with Crippen molar-refractivity contribution in [2.24, 2.45) is 5.92 Å². The number of halogens is 1. The largest absolute Gasteiger partial charge is 0.330 e. The van der Waals surface area contributed by atoms with E-state index >= 15 is 0 Å². The minimum absolute atomic E-state index is 0. The Morgan fingerprint density at radius 2 is 1.62 bits per heavy atom. The first-order chi connectivity index (χ1) is 35.7. The molecule has 0 amide bonds. The third kappa shape index (κ3) is 9.72. The van der Waals surface area contributed by atoms with Crippen LogP contribution in [0.1, 0.15) is 92.8 Å². The van der Waals surface area contributed by atoms with Gasteiger partial charge in [0.2, 0.25) is 0 Å². The number of hydrogen-bond donors (Lipinski definition) is 0. The van der Waals surface area contributed by atoms with Crippen molar-refractivity contribution in [1.29, 1.82) is 0 Å². The molecule has 0 spiro atoms. The van der Waals surface area contributed by atoms with E-state index in [2.05, 4.69) is 184 Å². The Morgan fingerprint density at radius 3 is 2.35 bits per heavy atom. The fourth-order valence-corrected chi connectivity index (χ4v) is 12.4. The van der Waals surface area contributed by atoms with Crippen molar-refractivity contribution in [3.05, 3.63) is 186 Å². The SMILES string of the molecule is Cc1ccc2ccc3nc(-c4[c-]ccc5c4sc4nc(C(C)C(C)C)ccc45)n(-c4c(C5=CC=CCC5)cccc4-c4ccccc4)c3c2n1.[2H]C([2H])([2H])c1c[c-]c(-c2cc(C([2H])(C)C)c([Si](C)(C)C)cn2)c(F)c1.[Ir]. The van der Waals surface area contributed by atoms with Crippen LogP contribution in [0.25, 0.3) is 87.3 Å². The molecule has 0 N–H and O–H groups in total. The van der Waals surface area contributed by atoms with E-state index in [1.54, 1.807) is 37.4 Å². The number of para-hydroxylation sites is 1.